The maximum Gasteiger partial charge on any atom is 0.338 e. The van der Waals surface area contributed by atoms with Crippen LogP contribution in [0.3, 0.4) is 0 Å². The summed E-state index contributed by atoms with van der Waals surface area (Å²) >= 11 is 2.98. The third-order valence-electron chi connectivity index (χ3n) is 5.49. The minimum absolute atomic E-state index is 0.200. The maximum atomic E-state index is 13.6. The molecule has 0 spiro atoms. The predicted octanol–water partition coefficient (Wildman–Crippen LogP) is 4.09. The van der Waals surface area contributed by atoms with Crippen molar-refractivity contribution in [2.75, 3.05) is 19.5 Å². The van der Waals surface area contributed by atoms with Crippen LogP contribution in [0.1, 0.15) is 31.0 Å². The number of fused-ring (bicyclic) bond motifs is 1. The normalized spacial score (nSPS) is 15.4. The number of nitrogens with zero attached hydrogens (tertiary/aromatic N) is 2. The number of thioether (sulfide) groups is 1. The number of carbonyl (C=O) groups excluding carboxylic acids is 1. The highest BCUT2D eigenvalue weighted by atomic mass is 32.2. The summed E-state index contributed by atoms with van der Waals surface area (Å²) in [6.07, 6.45) is 5.56. The Balaban J connectivity index is 1.86. The fourth-order valence-electron chi connectivity index (χ4n) is 3.86. The number of hydrogen-bond acceptors (Lipinski definition) is 7. The van der Waals surface area contributed by atoms with Gasteiger partial charge in [0.2, 0.25) is 0 Å². The van der Waals surface area contributed by atoms with Crippen LogP contribution in [-0.4, -0.2) is 30.0 Å². The van der Waals surface area contributed by atoms with Crippen molar-refractivity contribution >= 4 is 35.1 Å². The molecule has 1 aliphatic heterocycles. The number of hydrogen-bond donors (Lipinski definition) is 0. The van der Waals surface area contributed by atoms with Crippen molar-refractivity contribution in [3.05, 3.63) is 103 Å². The van der Waals surface area contributed by atoms with E-state index in [0.29, 0.717) is 33.0 Å². The minimum Gasteiger partial charge on any atom is -0.490 e. The van der Waals surface area contributed by atoms with Crippen LogP contribution in [0.25, 0.3) is 6.08 Å². The van der Waals surface area contributed by atoms with Gasteiger partial charge in [-0.15, -0.1) is 11.8 Å². The van der Waals surface area contributed by atoms with Gasteiger partial charge in [0.25, 0.3) is 5.56 Å². The van der Waals surface area contributed by atoms with E-state index in [0.717, 1.165) is 16.0 Å². The second-order valence-corrected chi connectivity index (χ2v) is 9.63. The van der Waals surface area contributed by atoms with Crippen LogP contribution in [0.5, 0.6) is 5.75 Å². The average molecular weight is 507 g/mol. The standard InChI is InChI=1S/C27H26N2O4S2/c1-5-15-33-20-11-9-19(10-12-20)24-23(26(31)32-6-2)17(3)28-27-29(24)25(30)22(35-27)16-18-7-13-21(34-4)14-8-18/h5,7-14,16,24H,1,6,15H2,2-4H3/b22-16-/t24-/m0/s1. The lowest BCUT2D eigenvalue weighted by molar-refractivity contribution is -0.139. The van der Waals surface area contributed by atoms with E-state index in [1.54, 1.807) is 36.3 Å². The largest absolute Gasteiger partial charge is 0.490 e. The third-order valence-corrected chi connectivity index (χ3v) is 7.22. The molecule has 8 heteroatoms. The molecule has 2 heterocycles. The minimum atomic E-state index is -0.653. The van der Waals surface area contributed by atoms with E-state index in [1.807, 2.05) is 60.9 Å². The molecule has 1 atom stereocenters. The van der Waals surface area contributed by atoms with Crippen molar-refractivity contribution in [1.82, 2.24) is 4.57 Å². The van der Waals surface area contributed by atoms with Gasteiger partial charge in [-0.25, -0.2) is 9.79 Å². The van der Waals surface area contributed by atoms with Crippen molar-refractivity contribution in [3.8, 4) is 5.75 Å². The SMILES string of the molecule is C=CCOc1ccc([C@H]2C(C(=O)OCC)=C(C)N=c3s/c(=C\c4ccc(SC)cc4)c(=O)n32)cc1. The Hall–Kier alpha value is -3.36. The molecule has 0 saturated carbocycles. The number of ether oxygens (including phenoxy) is 2. The molecule has 4 rings (SSSR count). The summed E-state index contributed by atoms with van der Waals surface area (Å²) in [5.41, 5.74) is 2.39. The van der Waals surface area contributed by atoms with Crippen LogP contribution in [0.4, 0.5) is 0 Å². The second-order valence-electron chi connectivity index (χ2n) is 7.74. The van der Waals surface area contributed by atoms with E-state index in [-0.39, 0.29) is 12.2 Å². The van der Waals surface area contributed by atoms with E-state index in [1.165, 1.54) is 11.3 Å². The average Bonchev–Trinajstić information content (AvgIpc) is 3.17. The lowest BCUT2D eigenvalue weighted by Gasteiger charge is -2.24. The topological polar surface area (TPSA) is 69.9 Å². The van der Waals surface area contributed by atoms with Gasteiger partial charge in [-0.2, -0.15) is 0 Å². The maximum absolute atomic E-state index is 13.6. The van der Waals surface area contributed by atoms with Crippen LogP contribution < -0.4 is 19.6 Å². The summed E-state index contributed by atoms with van der Waals surface area (Å²) in [7, 11) is 0. The molecule has 0 N–H and O–H groups in total. The first-order valence-corrected chi connectivity index (χ1v) is 13.2. The van der Waals surface area contributed by atoms with Gasteiger partial charge >= 0.3 is 5.97 Å². The van der Waals surface area contributed by atoms with E-state index in [9.17, 15) is 9.59 Å². The zero-order valence-corrected chi connectivity index (χ0v) is 21.4. The summed E-state index contributed by atoms with van der Waals surface area (Å²) in [5.74, 6) is 0.195. The van der Waals surface area contributed by atoms with Gasteiger partial charge in [0.15, 0.2) is 4.80 Å². The quantitative estimate of drug-likeness (QED) is 0.262. The highest BCUT2D eigenvalue weighted by Gasteiger charge is 2.33. The van der Waals surface area contributed by atoms with Crippen molar-refractivity contribution < 1.29 is 14.3 Å². The number of esters is 1. The Kier molecular flexibility index (Phi) is 7.73. The van der Waals surface area contributed by atoms with Crippen molar-refractivity contribution in [2.24, 2.45) is 4.99 Å². The lowest BCUT2D eigenvalue weighted by Crippen LogP contribution is -2.39. The number of aromatic nitrogens is 1. The molecule has 0 amide bonds. The molecule has 180 valence electrons. The summed E-state index contributed by atoms with van der Waals surface area (Å²) in [4.78, 5) is 32.9. The van der Waals surface area contributed by atoms with E-state index >= 15 is 0 Å². The number of benzene rings is 2. The van der Waals surface area contributed by atoms with Gasteiger partial charge in [0.1, 0.15) is 12.4 Å². The van der Waals surface area contributed by atoms with Crippen LogP contribution >= 0.6 is 23.1 Å². The molecule has 3 aromatic rings. The van der Waals surface area contributed by atoms with Gasteiger partial charge in [0.05, 0.1) is 28.5 Å². The Morgan fingerprint density at radius 1 is 1.20 bits per heavy atom. The number of carbonyl (C=O) groups is 1. The molecule has 6 nitrogen and oxygen atoms in total. The molecular weight excluding hydrogens is 480 g/mol. The van der Waals surface area contributed by atoms with Gasteiger partial charge < -0.3 is 9.47 Å². The smallest absolute Gasteiger partial charge is 0.338 e. The third kappa shape index (κ3) is 5.18. The molecule has 35 heavy (non-hydrogen) atoms. The zero-order valence-electron chi connectivity index (χ0n) is 19.8. The van der Waals surface area contributed by atoms with Crippen LogP contribution in [0.2, 0.25) is 0 Å². The van der Waals surface area contributed by atoms with Crippen LogP contribution in [-0.2, 0) is 9.53 Å². The summed E-state index contributed by atoms with van der Waals surface area (Å²) < 4.78 is 13.1. The fourth-order valence-corrected chi connectivity index (χ4v) is 5.31. The molecular formula is C27H26N2O4S2. The van der Waals surface area contributed by atoms with Crippen molar-refractivity contribution in [2.45, 2.75) is 24.8 Å². The molecule has 0 unspecified atom stereocenters. The molecule has 1 aromatic heterocycles. The lowest BCUT2D eigenvalue weighted by atomic mass is 9.96. The van der Waals surface area contributed by atoms with Crippen molar-refractivity contribution in [1.29, 1.82) is 0 Å². The Morgan fingerprint density at radius 2 is 1.91 bits per heavy atom. The van der Waals surface area contributed by atoms with Crippen LogP contribution in [0.15, 0.2) is 87.1 Å². The molecule has 0 fully saturated rings. The Morgan fingerprint density at radius 3 is 2.54 bits per heavy atom. The van der Waals surface area contributed by atoms with Gasteiger partial charge in [-0.05, 0) is 61.6 Å². The molecule has 0 radical (unpaired) electrons. The summed E-state index contributed by atoms with van der Waals surface area (Å²) in [6, 6.07) is 14.7. The fraction of sp³-hybridized carbons (Fsp3) is 0.222. The monoisotopic (exact) mass is 506 g/mol. The van der Waals surface area contributed by atoms with Gasteiger partial charge in [0, 0.05) is 4.90 Å². The van der Waals surface area contributed by atoms with E-state index in [2.05, 4.69) is 11.6 Å². The molecule has 0 saturated heterocycles. The van der Waals surface area contributed by atoms with Crippen molar-refractivity contribution in [3.63, 3.8) is 0 Å². The number of thiazole rings is 1. The summed E-state index contributed by atoms with van der Waals surface area (Å²) in [5, 5.41) is 0. The first-order chi connectivity index (χ1) is 17.0. The second kappa shape index (κ2) is 10.9. The summed E-state index contributed by atoms with van der Waals surface area (Å²) in [6.45, 7) is 7.81. The molecule has 2 aromatic carbocycles. The number of rotatable bonds is 8. The zero-order chi connectivity index (χ0) is 24.9. The van der Waals surface area contributed by atoms with Gasteiger partial charge in [-0.3, -0.25) is 9.36 Å². The number of allylic oxidation sites excluding steroid dienone is 1. The molecule has 0 bridgehead atoms. The Bertz CT molecular complexity index is 1450. The first kappa shape index (κ1) is 24.8. The van der Waals surface area contributed by atoms with E-state index < -0.39 is 12.0 Å². The predicted molar refractivity (Wildman–Crippen MR) is 141 cm³/mol. The Labute approximate surface area is 211 Å². The van der Waals surface area contributed by atoms with Gasteiger partial charge in [-0.1, -0.05) is 48.3 Å². The molecule has 1 aliphatic rings. The highest BCUT2D eigenvalue weighted by Crippen LogP contribution is 2.31. The first-order valence-electron chi connectivity index (χ1n) is 11.1. The van der Waals surface area contributed by atoms with E-state index in [4.69, 9.17) is 9.47 Å². The van der Waals surface area contributed by atoms with Crippen LogP contribution in [0, 0.1) is 0 Å². The highest BCUT2D eigenvalue weighted by molar-refractivity contribution is 7.98. The molecule has 0 aliphatic carbocycles.